The van der Waals surface area contributed by atoms with Crippen LogP contribution in [0.2, 0.25) is 0 Å². The van der Waals surface area contributed by atoms with Crippen molar-refractivity contribution in [3.63, 3.8) is 0 Å². The summed E-state index contributed by atoms with van der Waals surface area (Å²) in [5.74, 6) is 1.33. The predicted octanol–water partition coefficient (Wildman–Crippen LogP) is 4.58. The molecule has 102 valence electrons. The summed E-state index contributed by atoms with van der Waals surface area (Å²) in [7, 11) is 0. The molecular weight excluding hydrogens is 260 g/mol. The van der Waals surface area contributed by atoms with Crippen LogP contribution in [-0.4, -0.2) is 6.29 Å². The lowest BCUT2D eigenvalue weighted by Crippen LogP contribution is -2.11. The first-order chi connectivity index (χ1) is 10.3. The maximum Gasteiger partial charge on any atom is 0.139 e. The van der Waals surface area contributed by atoms with Crippen LogP contribution in [0.4, 0.5) is 0 Å². The van der Waals surface area contributed by atoms with E-state index in [-0.39, 0.29) is 5.92 Å². The molecule has 1 unspecified atom stereocenters. The van der Waals surface area contributed by atoms with Crippen molar-refractivity contribution < 1.29 is 9.53 Å². The van der Waals surface area contributed by atoms with Crippen molar-refractivity contribution in [1.82, 2.24) is 0 Å². The van der Waals surface area contributed by atoms with Crippen LogP contribution in [0.25, 0.3) is 10.8 Å². The van der Waals surface area contributed by atoms with Crippen molar-refractivity contribution in [2.45, 2.75) is 12.8 Å². The minimum atomic E-state index is -0.256. The molecule has 0 N–H and O–H groups in total. The van der Waals surface area contributed by atoms with Crippen LogP contribution in [0, 0.1) is 6.92 Å². The van der Waals surface area contributed by atoms with Gasteiger partial charge in [0, 0.05) is 16.5 Å². The number of fused-ring (bicyclic) bond motifs is 4. The Morgan fingerprint density at radius 1 is 1.00 bits per heavy atom. The van der Waals surface area contributed by atoms with E-state index in [1.54, 1.807) is 0 Å². The van der Waals surface area contributed by atoms with E-state index >= 15 is 0 Å². The normalized spacial score (nSPS) is 16.0. The monoisotopic (exact) mass is 274 g/mol. The molecule has 0 bridgehead atoms. The molecule has 1 heterocycles. The second kappa shape index (κ2) is 4.45. The van der Waals surface area contributed by atoms with Gasteiger partial charge in [0.25, 0.3) is 0 Å². The Labute approximate surface area is 123 Å². The molecule has 2 nitrogen and oxygen atoms in total. The van der Waals surface area contributed by atoms with Crippen molar-refractivity contribution in [2.24, 2.45) is 0 Å². The Bertz CT molecular complexity index is 865. The molecule has 21 heavy (non-hydrogen) atoms. The Hall–Kier alpha value is -2.61. The van der Waals surface area contributed by atoms with Gasteiger partial charge in [0.15, 0.2) is 0 Å². The maximum absolute atomic E-state index is 11.7. The number of hydrogen-bond acceptors (Lipinski definition) is 2. The first-order valence-corrected chi connectivity index (χ1v) is 7.03. The summed E-state index contributed by atoms with van der Waals surface area (Å²) in [6, 6.07) is 18.1. The van der Waals surface area contributed by atoms with Gasteiger partial charge in [0.1, 0.15) is 17.8 Å². The molecule has 0 aliphatic carbocycles. The standard InChI is InChI=1S/C19H14O2/c1-12-6-9-18-16(10-12)17(11-20)15-8-7-13-4-2-3-5-14(13)19(15)21-18/h2-11,17H,1H3. The van der Waals surface area contributed by atoms with E-state index < -0.39 is 0 Å². The van der Waals surface area contributed by atoms with E-state index in [9.17, 15) is 4.79 Å². The third-order valence-corrected chi connectivity index (χ3v) is 4.09. The minimum Gasteiger partial charge on any atom is -0.456 e. The van der Waals surface area contributed by atoms with Crippen LogP contribution < -0.4 is 4.74 Å². The zero-order valence-electron chi connectivity index (χ0n) is 11.7. The van der Waals surface area contributed by atoms with Crippen molar-refractivity contribution in [2.75, 3.05) is 0 Å². The van der Waals surface area contributed by atoms with E-state index in [0.29, 0.717) is 0 Å². The van der Waals surface area contributed by atoms with Crippen LogP contribution in [0.5, 0.6) is 11.5 Å². The molecule has 2 heteroatoms. The molecule has 0 saturated heterocycles. The fourth-order valence-corrected chi connectivity index (χ4v) is 3.05. The summed E-state index contributed by atoms with van der Waals surface area (Å²) in [6.45, 7) is 2.03. The number of aryl methyl sites for hydroxylation is 1. The van der Waals surface area contributed by atoms with E-state index in [0.717, 1.165) is 45.2 Å². The highest BCUT2D eigenvalue weighted by Crippen LogP contribution is 2.46. The predicted molar refractivity (Wildman–Crippen MR) is 83.1 cm³/mol. The third kappa shape index (κ3) is 1.76. The number of hydrogen-bond donors (Lipinski definition) is 0. The second-order valence-corrected chi connectivity index (χ2v) is 5.46. The van der Waals surface area contributed by atoms with Crippen molar-refractivity contribution in [3.8, 4) is 11.5 Å². The molecular formula is C19H14O2. The topological polar surface area (TPSA) is 26.3 Å². The SMILES string of the molecule is Cc1ccc2c(c1)C(C=O)c1ccc3ccccc3c1O2. The van der Waals surface area contributed by atoms with Gasteiger partial charge in [-0.1, -0.05) is 54.1 Å². The quantitative estimate of drug-likeness (QED) is 0.607. The van der Waals surface area contributed by atoms with Gasteiger partial charge >= 0.3 is 0 Å². The number of rotatable bonds is 1. The molecule has 0 aromatic heterocycles. The fraction of sp³-hybridized carbons (Fsp3) is 0.105. The van der Waals surface area contributed by atoms with Crippen molar-refractivity contribution in [3.05, 3.63) is 71.3 Å². The molecule has 3 aromatic rings. The molecule has 1 atom stereocenters. The molecule has 0 saturated carbocycles. The van der Waals surface area contributed by atoms with Gasteiger partial charge in [-0.15, -0.1) is 0 Å². The molecule has 0 spiro atoms. The molecule has 0 radical (unpaired) electrons. The highest BCUT2D eigenvalue weighted by Gasteiger charge is 2.28. The largest absolute Gasteiger partial charge is 0.456 e. The van der Waals surface area contributed by atoms with Crippen LogP contribution in [0.1, 0.15) is 22.6 Å². The van der Waals surface area contributed by atoms with Gasteiger partial charge in [-0.05, 0) is 18.4 Å². The molecule has 4 rings (SSSR count). The van der Waals surface area contributed by atoms with E-state index in [4.69, 9.17) is 4.74 Å². The molecule has 1 aliphatic rings. The molecule has 1 aliphatic heterocycles. The van der Waals surface area contributed by atoms with Gasteiger partial charge in [-0.25, -0.2) is 0 Å². The summed E-state index contributed by atoms with van der Waals surface area (Å²) in [6.07, 6.45) is 1.01. The van der Waals surface area contributed by atoms with Crippen molar-refractivity contribution >= 4 is 17.1 Å². The number of carbonyl (C=O) groups excluding carboxylic acids is 1. The Morgan fingerprint density at radius 3 is 2.71 bits per heavy atom. The Morgan fingerprint density at radius 2 is 1.86 bits per heavy atom. The lowest BCUT2D eigenvalue weighted by atomic mass is 9.87. The average Bonchev–Trinajstić information content (AvgIpc) is 2.52. The van der Waals surface area contributed by atoms with E-state index in [1.165, 1.54) is 0 Å². The third-order valence-electron chi connectivity index (χ3n) is 4.09. The van der Waals surface area contributed by atoms with Crippen LogP contribution in [-0.2, 0) is 4.79 Å². The second-order valence-electron chi connectivity index (χ2n) is 5.46. The van der Waals surface area contributed by atoms with Gasteiger partial charge in [-0.2, -0.15) is 0 Å². The Kier molecular flexibility index (Phi) is 2.58. The fourth-order valence-electron chi connectivity index (χ4n) is 3.05. The molecule has 3 aromatic carbocycles. The Balaban J connectivity index is 2.02. The number of aldehydes is 1. The smallest absolute Gasteiger partial charge is 0.139 e. The highest BCUT2D eigenvalue weighted by atomic mass is 16.5. The molecule has 0 amide bonds. The zero-order valence-corrected chi connectivity index (χ0v) is 11.7. The first kappa shape index (κ1) is 12.2. The lowest BCUT2D eigenvalue weighted by molar-refractivity contribution is -0.108. The van der Waals surface area contributed by atoms with Crippen LogP contribution in [0.15, 0.2) is 54.6 Å². The molecule has 0 fully saturated rings. The average molecular weight is 274 g/mol. The summed E-state index contributed by atoms with van der Waals surface area (Å²) in [4.78, 5) is 11.7. The number of benzene rings is 3. The number of ether oxygens (including phenoxy) is 1. The van der Waals surface area contributed by atoms with Gasteiger partial charge < -0.3 is 9.53 Å². The van der Waals surface area contributed by atoms with Gasteiger partial charge in [0.05, 0.1) is 5.92 Å². The summed E-state index contributed by atoms with van der Waals surface area (Å²) < 4.78 is 6.12. The minimum absolute atomic E-state index is 0.256. The van der Waals surface area contributed by atoms with Crippen molar-refractivity contribution in [1.29, 1.82) is 0 Å². The van der Waals surface area contributed by atoms with E-state index in [2.05, 4.69) is 12.1 Å². The summed E-state index contributed by atoms with van der Waals surface area (Å²) >= 11 is 0. The first-order valence-electron chi connectivity index (χ1n) is 7.03. The van der Waals surface area contributed by atoms with Gasteiger partial charge in [-0.3, -0.25) is 0 Å². The lowest BCUT2D eigenvalue weighted by Gasteiger charge is -2.26. The zero-order chi connectivity index (χ0) is 14.4. The number of carbonyl (C=O) groups is 1. The summed E-state index contributed by atoms with van der Waals surface area (Å²) in [5, 5.41) is 2.17. The summed E-state index contributed by atoms with van der Waals surface area (Å²) in [5.41, 5.74) is 3.03. The van der Waals surface area contributed by atoms with Crippen LogP contribution in [0.3, 0.4) is 0 Å². The highest BCUT2D eigenvalue weighted by molar-refractivity contribution is 5.92. The van der Waals surface area contributed by atoms with Gasteiger partial charge in [0.2, 0.25) is 0 Å². The van der Waals surface area contributed by atoms with E-state index in [1.807, 2.05) is 49.4 Å². The van der Waals surface area contributed by atoms with Crippen LogP contribution >= 0.6 is 0 Å². The maximum atomic E-state index is 11.7.